The fourth-order valence-electron chi connectivity index (χ4n) is 3.13. The van der Waals surface area contributed by atoms with E-state index in [1.54, 1.807) is 13.8 Å². The molecule has 0 bridgehead atoms. The zero-order chi connectivity index (χ0) is 17.5. The van der Waals surface area contributed by atoms with Crippen LogP contribution in [0.25, 0.3) is 0 Å². The number of carbonyl (C=O) groups is 2. The van der Waals surface area contributed by atoms with E-state index in [1.165, 1.54) is 32.1 Å². The van der Waals surface area contributed by atoms with Gasteiger partial charge in [-0.15, -0.1) is 11.3 Å². The van der Waals surface area contributed by atoms with Crippen molar-refractivity contribution in [1.29, 1.82) is 5.26 Å². The molecule has 1 N–H and O–H groups in total. The Morgan fingerprint density at radius 2 is 2.04 bits per heavy atom. The maximum absolute atomic E-state index is 12.2. The van der Waals surface area contributed by atoms with Crippen molar-refractivity contribution in [3.8, 4) is 6.07 Å². The molecule has 1 heterocycles. The van der Waals surface area contributed by atoms with Crippen LogP contribution in [-0.2, 0) is 9.53 Å². The van der Waals surface area contributed by atoms with Gasteiger partial charge in [0, 0.05) is 6.42 Å². The predicted octanol–water partition coefficient (Wildman–Crippen LogP) is 4.40. The zero-order valence-electron chi connectivity index (χ0n) is 14.3. The monoisotopic (exact) mass is 348 g/mol. The Bertz CT molecular complexity index is 639. The minimum atomic E-state index is -0.445. The third-order valence-electron chi connectivity index (χ3n) is 4.48. The largest absolute Gasteiger partial charge is 0.462 e. The Balaban J connectivity index is 2.00. The van der Waals surface area contributed by atoms with Gasteiger partial charge in [-0.2, -0.15) is 5.26 Å². The Morgan fingerprint density at radius 3 is 2.67 bits per heavy atom. The van der Waals surface area contributed by atoms with Gasteiger partial charge in [-0.3, -0.25) is 4.79 Å². The highest BCUT2D eigenvalue weighted by Gasteiger charge is 2.22. The van der Waals surface area contributed by atoms with Crippen molar-refractivity contribution in [2.45, 2.75) is 58.8 Å². The van der Waals surface area contributed by atoms with Crippen LogP contribution in [0.2, 0.25) is 0 Å². The molecule has 130 valence electrons. The number of nitriles is 1. The molecule has 0 saturated heterocycles. The van der Waals surface area contributed by atoms with E-state index in [4.69, 9.17) is 4.74 Å². The van der Waals surface area contributed by atoms with Crippen LogP contribution in [0.3, 0.4) is 0 Å². The van der Waals surface area contributed by atoms with Crippen LogP contribution in [0.15, 0.2) is 0 Å². The predicted molar refractivity (Wildman–Crippen MR) is 94.2 cm³/mol. The summed E-state index contributed by atoms with van der Waals surface area (Å²) in [7, 11) is 0. The molecule has 0 unspecified atom stereocenters. The number of nitrogens with zero attached hydrogens (tertiary/aromatic N) is 1. The van der Waals surface area contributed by atoms with Crippen molar-refractivity contribution in [2.24, 2.45) is 5.92 Å². The van der Waals surface area contributed by atoms with Gasteiger partial charge in [0.05, 0.1) is 12.2 Å². The van der Waals surface area contributed by atoms with Crippen LogP contribution < -0.4 is 5.32 Å². The van der Waals surface area contributed by atoms with Gasteiger partial charge in [-0.05, 0) is 31.7 Å². The Hall–Kier alpha value is -1.87. The van der Waals surface area contributed by atoms with Crippen LogP contribution in [-0.4, -0.2) is 18.5 Å². The second kappa shape index (κ2) is 8.84. The standard InChI is InChI=1S/C18H24N2O3S/c1-3-23-18(22)16-12(2)14(11-19)17(24-16)20-15(21)10-9-13-7-5-4-6-8-13/h13H,3-10H2,1-2H3,(H,20,21). The highest BCUT2D eigenvalue weighted by atomic mass is 32.1. The molecule has 2 rings (SSSR count). The van der Waals surface area contributed by atoms with Gasteiger partial charge >= 0.3 is 5.97 Å². The zero-order valence-corrected chi connectivity index (χ0v) is 15.1. The molecule has 1 amide bonds. The Labute approximate surface area is 147 Å². The molecule has 1 fully saturated rings. The number of hydrogen-bond acceptors (Lipinski definition) is 5. The minimum Gasteiger partial charge on any atom is -0.462 e. The van der Waals surface area contributed by atoms with Crippen molar-refractivity contribution < 1.29 is 14.3 Å². The van der Waals surface area contributed by atoms with E-state index in [0.717, 1.165) is 17.8 Å². The smallest absolute Gasteiger partial charge is 0.348 e. The lowest BCUT2D eigenvalue weighted by molar-refractivity contribution is -0.116. The number of thiophene rings is 1. The van der Waals surface area contributed by atoms with Crippen molar-refractivity contribution in [2.75, 3.05) is 11.9 Å². The van der Waals surface area contributed by atoms with Crippen molar-refractivity contribution >= 4 is 28.2 Å². The van der Waals surface area contributed by atoms with Gasteiger partial charge < -0.3 is 10.1 Å². The molecular weight excluding hydrogens is 324 g/mol. The number of carbonyl (C=O) groups excluding carboxylic acids is 2. The van der Waals surface area contributed by atoms with E-state index < -0.39 is 5.97 Å². The van der Waals surface area contributed by atoms with Crippen molar-refractivity contribution in [1.82, 2.24) is 0 Å². The molecule has 0 atom stereocenters. The Kier molecular flexibility index (Phi) is 6.80. The van der Waals surface area contributed by atoms with Crippen LogP contribution in [0.5, 0.6) is 0 Å². The molecular formula is C18H24N2O3S. The molecule has 0 aromatic carbocycles. The van der Waals surface area contributed by atoms with E-state index in [2.05, 4.69) is 11.4 Å². The van der Waals surface area contributed by atoms with E-state index in [0.29, 0.717) is 33.3 Å². The van der Waals surface area contributed by atoms with E-state index in [9.17, 15) is 14.9 Å². The molecule has 1 aromatic heterocycles. The summed E-state index contributed by atoms with van der Waals surface area (Å²) < 4.78 is 5.00. The fraction of sp³-hybridized carbons (Fsp3) is 0.611. The van der Waals surface area contributed by atoms with E-state index in [-0.39, 0.29) is 12.5 Å². The first-order valence-corrected chi connectivity index (χ1v) is 9.38. The van der Waals surface area contributed by atoms with Crippen LogP contribution in [0, 0.1) is 24.2 Å². The van der Waals surface area contributed by atoms with Gasteiger partial charge in [0.25, 0.3) is 0 Å². The second-order valence-electron chi connectivity index (χ2n) is 6.18. The lowest BCUT2D eigenvalue weighted by atomic mass is 9.86. The van der Waals surface area contributed by atoms with E-state index in [1.807, 2.05) is 0 Å². The first kappa shape index (κ1) is 18.5. The lowest BCUT2D eigenvalue weighted by Crippen LogP contribution is -2.14. The third-order valence-corrected chi connectivity index (χ3v) is 5.66. The summed E-state index contributed by atoms with van der Waals surface area (Å²) in [4.78, 5) is 24.5. The quantitative estimate of drug-likeness (QED) is 0.773. The summed E-state index contributed by atoms with van der Waals surface area (Å²) in [6, 6.07) is 2.08. The highest BCUT2D eigenvalue weighted by molar-refractivity contribution is 7.18. The van der Waals surface area contributed by atoms with Gasteiger partial charge in [0.1, 0.15) is 15.9 Å². The molecule has 0 radical (unpaired) electrons. The molecule has 24 heavy (non-hydrogen) atoms. The SMILES string of the molecule is CCOC(=O)c1sc(NC(=O)CCC2CCCCC2)c(C#N)c1C. The van der Waals surface area contributed by atoms with Crippen LogP contribution in [0.1, 0.15) is 72.7 Å². The summed E-state index contributed by atoms with van der Waals surface area (Å²) >= 11 is 1.12. The first-order valence-electron chi connectivity index (χ1n) is 8.57. The summed E-state index contributed by atoms with van der Waals surface area (Å²) in [5.74, 6) is 0.105. The topological polar surface area (TPSA) is 79.2 Å². The minimum absolute atomic E-state index is 0.0891. The van der Waals surface area contributed by atoms with Crippen molar-refractivity contribution in [3.05, 3.63) is 16.0 Å². The maximum Gasteiger partial charge on any atom is 0.348 e. The average molecular weight is 348 g/mol. The number of ether oxygens (including phenoxy) is 1. The molecule has 1 saturated carbocycles. The van der Waals surface area contributed by atoms with Gasteiger partial charge in [-0.1, -0.05) is 32.1 Å². The van der Waals surface area contributed by atoms with Crippen LogP contribution in [0.4, 0.5) is 5.00 Å². The van der Waals surface area contributed by atoms with E-state index >= 15 is 0 Å². The lowest BCUT2D eigenvalue weighted by Gasteiger charge is -2.20. The summed E-state index contributed by atoms with van der Waals surface area (Å²) in [6.07, 6.45) is 7.60. The number of anilines is 1. The van der Waals surface area contributed by atoms with Crippen LogP contribution >= 0.6 is 11.3 Å². The summed E-state index contributed by atoms with van der Waals surface area (Å²) in [5, 5.41) is 12.6. The molecule has 0 aliphatic heterocycles. The fourth-order valence-corrected chi connectivity index (χ4v) is 4.19. The molecule has 1 aliphatic carbocycles. The highest BCUT2D eigenvalue weighted by Crippen LogP contribution is 2.33. The number of hydrogen-bond donors (Lipinski definition) is 1. The normalized spacial score (nSPS) is 14.9. The Morgan fingerprint density at radius 1 is 1.33 bits per heavy atom. The second-order valence-corrected chi connectivity index (χ2v) is 7.20. The summed E-state index contributed by atoms with van der Waals surface area (Å²) in [5.41, 5.74) is 0.928. The summed E-state index contributed by atoms with van der Waals surface area (Å²) in [6.45, 7) is 3.72. The number of rotatable bonds is 6. The number of nitrogens with one attached hydrogen (secondary N) is 1. The molecule has 0 spiro atoms. The average Bonchev–Trinajstić information content (AvgIpc) is 2.89. The third kappa shape index (κ3) is 4.57. The molecule has 1 aromatic rings. The first-order chi connectivity index (χ1) is 11.6. The van der Waals surface area contributed by atoms with Gasteiger partial charge in [0.15, 0.2) is 0 Å². The number of amides is 1. The number of esters is 1. The molecule has 1 aliphatic rings. The van der Waals surface area contributed by atoms with Crippen molar-refractivity contribution in [3.63, 3.8) is 0 Å². The molecule has 5 nitrogen and oxygen atoms in total. The maximum atomic E-state index is 12.2. The van der Waals surface area contributed by atoms with Gasteiger partial charge in [-0.25, -0.2) is 4.79 Å². The molecule has 6 heteroatoms. The van der Waals surface area contributed by atoms with Gasteiger partial charge in [0.2, 0.25) is 5.91 Å².